The van der Waals surface area contributed by atoms with Crippen molar-refractivity contribution < 1.29 is 9.90 Å². The topological polar surface area (TPSA) is 75.1 Å². The number of aromatic nitrogens is 2. The van der Waals surface area contributed by atoms with Gasteiger partial charge in [-0.3, -0.25) is 0 Å². The van der Waals surface area contributed by atoms with E-state index in [9.17, 15) is 9.90 Å². The van der Waals surface area contributed by atoms with E-state index in [1.54, 1.807) is 6.92 Å². The lowest BCUT2D eigenvalue weighted by atomic mass is 9.96. The van der Waals surface area contributed by atoms with E-state index in [0.29, 0.717) is 12.2 Å². The van der Waals surface area contributed by atoms with E-state index >= 15 is 0 Å². The lowest BCUT2D eigenvalue weighted by Gasteiger charge is -2.26. The second kappa shape index (κ2) is 6.33. The van der Waals surface area contributed by atoms with Gasteiger partial charge >= 0.3 is 5.97 Å². The van der Waals surface area contributed by atoms with Gasteiger partial charge in [-0.05, 0) is 19.8 Å². The van der Waals surface area contributed by atoms with E-state index in [1.165, 1.54) is 6.33 Å². The van der Waals surface area contributed by atoms with Crippen molar-refractivity contribution in [2.24, 2.45) is 0 Å². The Balaban J connectivity index is 2.87. The van der Waals surface area contributed by atoms with Gasteiger partial charge in [0.05, 0.1) is 0 Å². The van der Waals surface area contributed by atoms with Gasteiger partial charge in [-0.15, -0.1) is 0 Å². The summed E-state index contributed by atoms with van der Waals surface area (Å²) in [5.74, 6) is -0.285. The third-order valence-electron chi connectivity index (χ3n) is 2.86. The molecule has 0 aliphatic carbocycles. The maximum absolute atomic E-state index is 11.3. The standard InChI is InChI=1S/C13H21N3O2/c1-4-6-10-8-11(15-9-14-10)16-13(3,7-5-2)12(17)18/h8-9H,4-7H2,1-3H3,(H,17,18)(H,14,15,16). The van der Waals surface area contributed by atoms with Crippen LogP contribution in [0.15, 0.2) is 12.4 Å². The molecule has 5 nitrogen and oxygen atoms in total. The Morgan fingerprint density at radius 3 is 2.67 bits per heavy atom. The quantitative estimate of drug-likeness (QED) is 0.778. The van der Waals surface area contributed by atoms with Crippen LogP contribution in [0.5, 0.6) is 0 Å². The number of hydrogen-bond donors (Lipinski definition) is 2. The van der Waals surface area contributed by atoms with Gasteiger partial charge in [0.15, 0.2) is 0 Å². The molecule has 0 amide bonds. The Kier molecular flexibility index (Phi) is 5.07. The van der Waals surface area contributed by atoms with Gasteiger partial charge in [0, 0.05) is 11.8 Å². The maximum Gasteiger partial charge on any atom is 0.329 e. The molecule has 0 aliphatic rings. The van der Waals surface area contributed by atoms with E-state index in [0.717, 1.165) is 25.0 Å². The molecule has 2 N–H and O–H groups in total. The molecule has 100 valence electrons. The summed E-state index contributed by atoms with van der Waals surface area (Å²) in [5.41, 5.74) is -0.0497. The highest BCUT2D eigenvalue weighted by molar-refractivity contribution is 5.81. The van der Waals surface area contributed by atoms with E-state index in [2.05, 4.69) is 22.2 Å². The van der Waals surface area contributed by atoms with Crippen LogP contribution < -0.4 is 5.32 Å². The smallest absolute Gasteiger partial charge is 0.329 e. The van der Waals surface area contributed by atoms with Gasteiger partial charge in [-0.2, -0.15) is 0 Å². The molecular formula is C13H21N3O2. The van der Waals surface area contributed by atoms with Crippen LogP contribution in [-0.4, -0.2) is 26.6 Å². The van der Waals surface area contributed by atoms with Crippen LogP contribution in [0.2, 0.25) is 0 Å². The molecule has 1 atom stereocenters. The summed E-state index contributed by atoms with van der Waals surface area (Å²) in [4.78, 5) is 19.6. The van der Waals surface area contributed by atoms with Crippen molar-refractivity contribution >= 4 is 11.8 Å². The fourth-order valence-electron chi connectivity index (χ4n) is 1.86. The molecule has 1 aromatic rings. The Morgan fingerprint density at radius 1 is 1.39 bits per heavy atom. The van der Waals surface area contributed by atoms with E-state index in [4.69, 9.17) is 0 Å². The first-order valence-electron chi connectivity index (χ1n) is 6.34. The van der Waals surface area contributed by atoms with Crippen LogP contribution in [0.1, 0.15) is 45.7 Å². The fourth-order valence-corrected chi connectivity index (χ4v) is 1.86. The molecule has 0 aromatic carbocycles. The van der Waals surface area contributed by atoms with Crippen molar-refractivity contribution in [3.63, 3.8) is 0 Å². The number of aryl methyl sites for hydroxylation is 1. The summed E-state index contributed by atoms with van der Waals surface area (Å²) < 4.78 is 0. The van der Waals surface area contributed by atoms with E-state index in [1.807, 2.05) is 13.0 Å². The average Bonchev–Trinajstić information content (AvgIpc) is 2.30. The molecule has 18 heavy (non-hydrogen) atoms. The second-order valence-electron chi connectivity index (χ2n) is 4.66. The molecule has 1 aromatic heterocycles. The average molecular weight is 251 g/mol. The Bertz CT molecular complexity index is 409. The fraction of sp³-hybridized carbons (Fsp3) is 0.615. The number of hydrogen-bond acceptors (Lipinski definition) is 4. The third kappa shape index (κ3) is 3.68. The largest absolute Gasteiger partial charge is 0.480 e. The minimum Gasteiger partial charge on any atom is -0.480 e. The number of carboxylic acids is 1. The zero-order valence-corrected chi connectivity index (χ0v) is 11.2. The van der Waals surface area contributed by atoms with Gasteiger partial charge < -0.3 is 10.4 Å². The minimum atomic E-state index is -0.980. The number of carbonyl (C=O) groups is 1. The van der Waals surface area contributed by atoms with Crippen molar-refractivity contribution in [2.45, 2.75) is 52.0 Å². The van der Waals surface area contributed by atoms with Crippen molar-refractivity contribution in [2.75, 3.05) is 5.32 Å². The molecular weight excluding hydrogens is 230 g/mol. The summed E-state index contributed by atoms with van der Waals surface area (Å²) in [6.07, 6.45) is 4.69. The maximum atomic E-state index is 11.3. The van der Waals surface area contributed by atoms with Crippen LogP contribution in [0.3, 0.4) is 0 Å². The second-order valence-corrected chi connectivity index (χ2v) is 4.66. The minimum absolute atomic E-state index is 0.551. The lowest BCUT2D eigenvalue weighted by molar-refractivity contribution is -0.142. The van der Waals surface area contributed by atoms with Crippen LogP contribution in [0.4, 0.5) is 5.82 Å². The lowest BCUT2D eigenvalue weighted by Crippen LogP contribution is -2.43. The summed E-state index contributed by atoms with van der Waals surface area (Å²) in [7, 11) is 0. The highest BCUT2D eigenvalue weighted by Crippen LogP contribution is 2.19. The first kappa shape index (κ1) is 14.4. The summed E-state index contributed by atoms with van der Waals surface area (Å²) in [6.45, 7) is 5.72. The highest BCUT2D eigenvalue weighted by atomic mass is 16.4. The number of nitrogens with zero attached hydrogens (tertiary/aromatic N) is 2. The zero-order chi connectivity index (χ0) is 13.6. The van der Waals surface area contributed by atoms with Crippen molar-refractivity contribution in [3.05, 3.63) is 18.1 Å². The van der Waals surface area contributed by atoms with Crippen molar-refractivity contribution in [1.82, 2.24) is 9.97 Å². The molecule has 0 spiro atoms. The van der Waals surface area contributed by atoms with Gasteiger partial charge in [0.2, 0.25) is 0 Å². The number of rotatable bonds is 7. The van der Waals surface area contributed by atoms with Crippen molar-refractivity contribution in [3.8, 4) is 0 Å². The Hall–Kier alpha value is -1.65. The third-order valence-corrected chi connectivity index (χ3v) is 2.86. The predicted molar refractivity (Wildman–Crippen MR) is 70.6 cm³/mol. The monoisotopic (exact) mass is 251 g/mol. The Morgan fingerprint density at radius 2 is 2.11 bits per heavy atom. The first-order valence-corrected chi connectivity index (χ1v) is 6.34. The number of nitrogens with one attached hydrogen (secondary N) is 1. The summed E-state index contributed by atoms with van der Waals surface area (Å²) in [6, 6.07) is 1.82. The summed E-state index contributed by atoms with van der Waals surface area (Å²) >= 11 is 0. The Labute approximate surface area is 108 Å². The molecule has 0 bridgehead atoms. The molecule has 5 heteroatoms. The van der Waals surface area contributed by atoms with Crippen LogP contribution in [0, 0.1) is 0 Å². The van der Waals surface area contributed by atoms with Gasteiger partial charge in [0.25, 0.3) is 0 Å². The molecule has 1 rings (SSSR count). The predicted octanol–water partition coefficient (Wildman–Crippen LogP) is 2.48. The van der Waals surface area contributed by atoms with Crippen LogP contribution >= 0.6 is 0 Å². The van der Waals surface area contributed by atoms with Crippen LogP contribution in [0.25, 0.3) is 0 Å². The molecule has 0 saturated carbocycles. The molecule has 0 radical (unpaired) electrons. The van der Waals surface area contributed by atoms with Crippen LogP contribution in [-0.2, 0) is 11.2 Å². The molecule has 0 saturated heterocycles. The van der Waals surface area contributed by atoms with Crippen molar-refractivity contribution in [1.29, 1.82) is 0 Å². The van der Waals surface area contributed by atoms with Gasteiger partial charge in [-0.1, -0.05) is 26.7 Å². The molecule has 0 fully saturated rings. The molecule has 1 unspecified atom stereocenters. The van der Waals surface area contributed by atoms with E-state index in [-0.39, 0.29) is 0 Å². The first-order chi connectivity index (χ1) is 8.51. The molecule has 0 aliphatic heterocycles. The van der Waals surface area contributed by atoms with Gasteiger partial charge in [-0.25, -0.2) is 14.8 Å². The number of aliphatic carboxylic acids is 1. The summed E-state index contributed by atoms with van der Waals surface area (Å²) in [5, 5.41) is 12.3. The highest BCUT2D eigenvalue weighted by Gasteiger charge is 2.32. The number of anilines is 1. The molecule has 1 heterocycles. The van der Waals surface area contributed by atoms with Gasteiger partial charge in [0.1, 0.15) is 17.7 Å². The normalized spacial score (nSPS) is 13.9. The number of carboxylic acid groups (broad SMARTS) is 1. The SMILES string of the molecule is CCCc1cc(NC(C)(CCC)C(=O)O)ncn1. The zero-order valence-electron chi connectivity index (χ0n) is 11.2. The van der Waals surface area contributed by atoms with E-state index < -0.39 is 11.5 Å².